The summed E-state index contributed by atoms with van der Waals surface area (Å²) in [6, 6.07) is 15.3. The lowest BCUT2D eigenvalue weighted by molar-refractivity contribution is -0.384. The molecule has 2 unspecified atom stereocenters. The zero-order valence-corrected chi connectivity index (χ0v) is 19.2. The predicted octanol–water partition coefficient (Wildman–Crippen LogP) is 4.21. The Balaban J connectivity index is 1.75. The summed E-state index contributed by atoms with van der Waals surface area (Å²) in [7, 11) is 0. The Kier molecular flexibility index (Phi) is 6.53. The molecule has 0 aromatic heterocycles. The second kappa shape index (κ2) is 9.36. The number of aliphatic hydroxyl groups is 1. The Morgan fingerprint density at radius 1 is 1.27 bits per heavy atom. The quantitative estimate of drug-likeness (QED) is 0.369. The summed E-state index contributed by atoms with van der Waals surface area (Å²) in [5.74, 6) is -0.116. The maximum absolute atomic E-state index is 13.0. The number of amidine groups is 1. The van der Waals surface area contributed by atoms with Gasteiger partial charge in [-0.25, -0.2) is 9.79 Å². The van der Waals surface area contributed by atoms with E-state index in [-0.39, 0.29) is 12.3 Å². The van der Waals surface area contributed by atoms with Gasteiger partial charge in [-0.1, -0.05) is 42.1 Å². The summed E-state index contributed by atoms with van der Waals surface area (Å²) in [5.41, 5.74) is 1.29. The van der Waals surface area contributed by atoms with Crippen LogP contribution in [0.15, 0.2) is 70.9 Å². The van der Waals surface area contributed by atoms with Crippen LogP contribution in [0.4, 0.5) is 5.69 Å². The van der Waals surface area contributed by atoms with Crippen molar-refractivity contribution in [3.05, 3.63) is 87.1 Å². The summed E-state index contributed by atoms with van der Waals surface area (Å²) in [5, 5.41) is 23.6. The molecule has 0 aliphatic carbocycles. The third-order valence-corrected chi connectivity index (χ3v) is 7.00. The van der Waals surface area contributed by atoms with Crippen LogP contribution in [-0.4, -0.2) is 44.2 Å². The fourth-order valence-electron chi connectivity index (χ4n) is 4.21. The van der Waals surface area contributed by atoms with Crippen LogP contribution in [-0.2, 0) is 16.0 Å². The molecule has 0 bridgehead atoms. The topological polar surface area (TPSA) is 105 Å². The van der Waals surface area contributed by atoms with Gasteiger partial charge in [-0.05, 0) is 43.5 Å². The van der Waals surface area contributed by atoms with Crippen LogP contribution in [0.5, 0.6) is 0 Å². The molecule has 1 N–H and O–H groups in total. The van der Waals surface area contributed by atoms with E-state index in [0.29, 0.717) is 40.6 Å². The summed E-state index contributed by atoms with van der Waals surface area (Å²) in [6.45, 7) is 3.68. The van der Waals surface area contributed by atoms with E-state index in [4.69, 9.17) is 4.74 Å². The number of carbonyl (C=O) groups is 1. The fraction of sp³-hybridized carbons (Fsp3) is 0.333. The third kappa shape index (κ3) is 4.51. The molecular formula is C24H25N3O5S. The number of allylic oxidation sites excluding steroid dienone is 1. The van der Waals surface area contributed by atoms with Gasteiger partial charge in [-0.2, -0.15) is 0 Å². The molecule has 2 aromatic carbocycles. The molecular weight excluding hydrogens is 442 g/mol. The van der Waals surface area contributed by atoms with E-state index in [0.717, 1.165) is 5.56 Å². The minimum absolute atomic E-state index is 0.0445. The minimum atomic E-state index is -1.26. The molecule has 0 spiro atoms. The first-order valence-electron chi connectivity index (χ1n) is 10.7. The molecule has 9 heteroatoms. The number of non-ortho nitro benzene ring substituents is 1. The largest absolute Gasteiger partial charge is 0.463 e. The number of thioether (sulfide) groups is 1. The van der Waals surface area contributed by atoms with Crippen LogP contribution >= 0.6 is 11.8 Å². The van der Waals surface area contributed by atoms with Crippen LogP contribution in [0.1, 0.15) is 37.4 Å². The Labute approximate surface area is 196 Å². The number of nitrogens with zero attached hydrogens (tertiary/aromatic N) is 3. The van der Waals surface area contributed by atoms with E-state index in [1.54, 1.807) is 30.9 Å². The zero-order valence-electron chi connectivity index (χ0n) is 18.4. The maximum Gasteiger partial charge on any atom is 0.338 e. The van der Waals surface area contributed by atoms with Gasteiger partial charge in [-0.15, -0.1) is 0 Å². The highest BCUT2D eigenvalue weighted by molar-refractivity contribution is 8.14. The summed E-state index contributed by atoms with van der Waals surface area (Å²) < 4.78 is 5.32. The van der Waals surface area contributed by atoms with E-state index in [9.17, 15) is 20.0 Å². The third-order valence-electron chi connectivity index (χ3n) is 5.84. The Morgan fingerprint density at radius 3 is 2.61 bits per heavy atom. The number of rotatable bonds is 7. The van der Waals surface area contributed by atoms with E-state index in [1.165, 1.54) is 23.9 Å². The van der Waals surface area contributed by atoms with Gasteiger partial charge in [-0.3, -0.25) is 10.1 Å². The molecule has 33 heavy (non-hydrogen) atoms. The first-order chi connectivity index (χ1) is 15.8. The van der Waals surface area contributed by atoms with Crippen molar-refractivity contribution in [2.75, 3.05) is 12.4 Å². The van der Waals surface area contributed by atoms with Crippen molar-refractivity contribution in [1.82, 2.24) is 4.90 Å². The normalized spacial score (nSPS) is 22.1. The molecule has 2 aromatic rings. The number of fused-ring (bicyclic) bond motifs is 1. The van der Waals surface area contributed by atoms with Crippen LogP contribution < -0.4 is 0 Å². The highest BCUT2D eigenvalue weighted by atomic mass is 32.2. The molecule has 0 saturated carbocycles. The van der Waals surface area contributed by atoms with Gasteiger partial charge in [0.15, 0.2) is 5.17 Å². The Morgan fingerprint density at radius 2 is 1.97 bits per heavy atom. The first kappa shape index (κ1) is 23.0. The first-order valence-corrected chi connectivity index (χ1v) is 11.7. The van der Waals surface area contributed by atoms with Crippen molar-refractivity contribution in [3.8, 4) is 0 Å². The summed E-state index contributed by atoms with van der Waals surface area (Å²) in [4.78, 5) is 30.1. The summed E-state index contributed by atoms with van der Waals surface area (Å²) >= 11 is 1.44. The van der Waals surface area contributed by atoms with Crippen LogP contribution in [0, 0.1) is 10.1 Å². The number of aryl methyl sites for hydroxylation is 1. The molecule has 172 valence electrons. The molecule has 1 saturated heterocycles. The fourth-order valence-corrected chi connectivity index (χ4v) is 5.47. The van der Waals surface area contributed by atoms with E-state index in [2.05, 4.69) is 4.99 Å². The van der Waals surface area contributed by atoms with E-state index >= 15 is 0 Å². The highest BCUT2D eigenvalue weighted by Gasteiger charge is 2.51. The van der Waals surface area contributed by atoms with Gasteiger partial charge in [0.25, 0.3) is 5.69 Å². The highest BCUT2D eigenvalue weighted by Crippen LogP contribution is 2.47. The van der Waals surface area contributed by atoms with Crippen molar-refractivity contribution in [2.45, 2.75) is 38.5 Å². The number of ether oxygens (including phenoxy) is 1. The standard InChI is InChI=1S/C24H25N3O5S/c1-3-32-22(28)20-16(2)25-23-26(21(20)18-9-11-19(12-10-18)27(30)31)24(29,15-33-23)14-13-17-7-5-4-6-8-17/h4-12,21,29H,3,13-15H2,1-2H3. The minimum Gasteiger partial charge on any atom is -0.463 e. The van der Waals surface area contributed by atoms with Gasteiger partial charge in [0.1, 0.15) is 5.72 Å². The van der Waals surface area contributed by atoms with Gasteiger partial charge in [0, 0.05) is 24.3 Å². The monoisotopic (exact) mass is 467 g/mol. The lowest BCUT2D eigenvalue weighted by atomic mass is 9.91. The molecule has 2 aliphatic rings. The Hall–Kier alpha value is -3.17. The van der Waals surface area contributed by atoms with Gasteiger partial charge in [0.05, 0.1) is 28.8 Å². The maximum atomic E-state index is 13.0. The van der Waals surface area contributed by atoms with Gasteiger partial charge in [0.2, 0.25) is 0 Å². The zero-order chi connectivity index (χ0) is 23.6. The van der Waals surface area contributed by atoms with Crippen molar-refractivity contribution >= 4 is 28.6 Å². The molecule has 8 nitrogen and oxygen atoms in total. The van der Waals surface area contributed by atoms with Crippen LogP contribution in [0.25, 0.3) is 0 Å². The summed E-state index contributed by atoms with van der Waals surface area (Å²) in [6.07, 6.45) is 1.08. The van der Waals surface area contributed by atoms with E-state index in [1.807, 2.05) is 30.3 Å². The lowest BCUT2D eigenvalue weighted by Crippen LogP contribution is -2.52. The number of hydrogen-bond acceptors (Lipinski definition) is 8. The predicted molar refractivity (Wildman–Crippen MR) is 127 cm³/mol. The van der Waals surface area contributed by atoms with Crippen LogP contribution in [0.2, 0.25) is 0 Å². The van der Waals surface area contributed by atoms with Crippen molar-refractivity contribution in [2.24, 2.45) is 4.99 Å². The molecule has 0 amide bonds. The van der Waals surface area contributed by atoms with Crippen molar-refractivity contribution in [1.29, 1.82) is 0 Å². The second-order valence-electron chi connectivity index (χ2n) is 7.99. The number of esters is 1. The van der Waals surface area contributed by atoms with Gasteiger partial charge < -0.3 is 14.7 Å². The lowest BCUT2D eigenvalue weighted by Gasteiger charge is -2.42. The number of carbonyl (C=O) groups excluding carboxylic acids is 1. The molecule has 2 atom stereocenters. The van der Waals surface area contributed by atoms with Crippen molar-refractivity contribution < 1.29 is 19.6 Å². The number of nitro groups is 1. The molecule has 2 heterocycles. The number of hydrogen-bond donors (Lipinski definition) is 1. The number of nitro benzene ring substituents is 1. The smallest absolute Gasteiger partial charge is 0.338 e. The number of aliphatic imine (C=N–C) groups is 1. The molecule has 0 radical (unpaired) electrons. The van der Waals surface area contributed by atoms with Gasteiger partial charge >= 0.3 is 5.97 Å². The average Bonchev–Trinajstić information content (AvgIpc) is 3.14. The van der Waals surface area contributed by atoms with E-state index < -0.39 is 22.7 Å². The van der Waals surface area contributed by atoms with Crippen molar-refractivity contribution in [3.63, 3.8) is 0 Å². The Bertz CT molecular complexity index is 1120. The average molecular weight is 468 g/mol. The van der Waals surface area contributed by atoms with Crippen LogP contribution in [0.3, 0.4) is 0 Å². The SMILES string of the molecule is CCOC(=O)C1=C(C)N=C2SCC(O)(CCc3ccccc3)N2C1c1ccc([N+](=O)[O-])cc1. The second-order valence-corrected chi connectivity index (χ2v) is 8.93. The molecule has 4 rings (SSSR count). The molecule has 1 fully saturated rings. The molecule has 2 aliphatic heterocycles. The number of benzene rings is 2.